The highest BCUT2D eigenvalue weighted by Crippen LogP contribution is 2.21. The molecule has 0 saturated heterocycles. The maximum Gasteiger partial charge on any atom is 0.271 e. The van der Waals surface area contributed by atoms with E-state index in [0.29, 0.717) is 5.56 Å². The van der Waals surface area contributed by atoms with Crippen LogP contribution in [0.15, 0.2) is 72.1 Å². The van der Waals surface area contributed by atoms with E-state index in [-0.39, 0.29) is 17.0 Å². The Labute approximate surface area is 148 Å². The third kappa shape index (κ3) is 3.75. The van der Waals surface area contributed by atoms with Gasteiger partial charge < -0.3 is 9.67 Å². The molecule has 8 nitrogen and oxygen atoms in total. The minimum Gasteiger partial charge on any atom is -0.507 e. The van der Waals surface area contributed by atoms with Crippen molar-refractivity contribution in [2.24, 2.45) is 5.10 Å². The summed E-state index contributed by atoms with van der Waals surface area (Å²) >= 11 is 0. The normalized spacial score (nSPS) is 10.8. The maximum absolute atomic E-state index is 12.1. The van der Waals surface area contributed by atoms with Crippen LogP contribution < -0.4 is 5.43 Å². The highest BCUT2D eigenvalue weighted by atomic mass is 16.6. The zero-order chi connectivity index (χ0) is 18.5. The first-order valence-electron chi connectivity index (χ1n) is 7.59. The number of nitrogens with zero attached hydrogens (tertiary/aromatic N) is 3. The summed E-state index contributed by atoms with van der Waals surface area (Å²) in [6, 6.07) is 14.2. The summed E-state index contributed by atoms with van der Waals surface area (Å²) in [5, 5.41) is 24.2. The van der Waals surface area contributed by atoms with E-state index < -0.39 is 10.8 Å². The van der Waals surface area contributed by atoms with Crippen molar-refractivity contribution in [3.8, 4) is 11.4 Å². The van der Waals surface area contributed by atoms with E-state index in [1.165, 1.54) is 12.1 Å². The molecule has 8 heteroatoms. The van der Waals surface area contributed by atoms with Crippen molar-refractivity contribution in [2.45, 2.75) is 0 Å². The van der Waals surface area contributed by atoms with Gasteiger partial charge in [0.15, 0.2) is 0 Å². The summed E-state index contributed by atoms with van der Waals surface area (Å²) in [5.74, 6) is -0.616. The lowest BCUT2D eigenvalue weighted by Gasteiger charge is -2.04. The predicted molar refractivity (Wildman–Crippen MR) is 95.6 cm³/mol. The molecule has 0 radical (unpaired) electrons. The first-order valence-corrected chi connectivity index (χ1v) is 7.59. The number of aromatic nitrogens is 1. The van der Waals surface area contributed by atoms with Gasteiger partial charge in [0.25, 0.3) is 11.6 Å². The van der Waals surface area contributed by atoms with E-state index in [4.69, 9.17) is 0 Å². The van der Waals surface area contributed by atoms with E-state index in [0.717, 1.165) is 18.0 Å². The van der Waals surface area contributed by atoms with Gasteiger partial charge in [0, 0.05) is 41.3 Å². The van der Waals surface area contributed by atoms with E-state index in [1.54, 1.807) is 24.3 Å². The van der Waals surface area contributed by atoms with Crippen molar-refractivity contribution in [1.82, 2.24) is 9.99 Å². The second-order valence-electron chi connectivity index (χ2n) is 5.34. The van der Waals surface area contributed by atoms with E-state index in [2.05, 4.69) is 10.5 Å². The molecule has 0 aliphatic rings. The molecule has 2 aromatic carbocycles. The molecule has 0 bridgehead atoms. The molecule has 0 aliphatic carbocycles. The highest BCUT2D eigenvalue weighted by Gasteiger charge is 2.09. The van der Waals surface area contributed by atoms with Crippen LogP contribution in [0.2, 0.25) is 0 Å². The molecule has 0 saturated carbocycles. The lowest BCUT2D eigenvalue weighted by Crippen LogP contribution is -2.17. The van der Waals surface area contributed by atoms with Crippen molar-refractivity contribution >= 4 is 17.8 Å². The maximum atomic E-state index is 12.1. The molecule has 26 heavy (non-hydrogen) atoms. The molecular weight excluding hydrogens is 336 g/mol. The molecule has 1 aromatic heterocycles. The van der Waals surface area contributed by atoms with Crippen LogP contribution in [0.3, 0.4) is 0 Å². The van der Waals surface area contributed by atoms with Gasteiger partial charge in [-0.2, -0.15) is 5.10 Å². The Balaban J connectivity index is 1.68. The number of nitrogens with one attached hydrogen (secondary N) is 1. The summed E-state index contributed by atoms with van der Waals surface area (Å²) in [4.78, 5) is 22.3. The first kappa shape index (κ1) is 16.9. The van der Waals surface area contributed by atoms with Gasteiger partial charge in [-0.3, -0.25) is 14.9 Å². The smallest absolute Gasteiger partial charge is 0.271 e. The number of phenols is 1. The number of benzene rings is 2. The van der Waals surface area contributed by atoms with Crippen molar-refractivity contribution < 1.29 is 14.8 Å². The summed E-state index contributed by atoms with van der Waals surface area (Å²) in [7, 11) is 0. The Morgan fingerprint density at radius 1 is 1.15 bits per heavy atom. The number of hydrogen-bond donors (Lipinski definition) is 2. The van der Waals surface area contributed by atoms with Gasteiger partial charge in [-0.25, -0.2) is 5.43 Å². The fourth-order valence-corrected chi connectivity index (χ4v) is 2.28. The van der Waals surface area contributed by atoms with Gasteiger partial charge >= 0.3 is 0 Å². The van der Waals surface area contributed by atoms with Gasteiger partial charge in [-0.1, -0.05) is 0 Å². The fraction of sp³-hybridized carbons (Fsp3) is 0. The van der Waals surface area contributed by atoms with Crippen molar-refractivity contribution in [3.05, 3.63) is 88.2 Å². The van der Waals surface area contributed by atoms with E-state index >= 15 is 0 Å². The number of amides is 1. The van der Waals surface area contributed by atoms with Gasteiger partial charge in [0.1, 0.15) is 5.75 Å². The van der Waals surface area contributed by atoms with Crippen LogP contribution in [-0.2, 0) is 0 Å². The molecule has 0 aliphatic heterocycles. The Hall–Kier alpha value is -3.94. The minimum absolute atomic E-state index is 0.127. The van der Waals surface area contributed by atoms with Crippen LogP contribution in [0.5, 0.6) is 5.75 Å². The third-order valence-corrected chi connectivity index (χ3v) is 3.62. The molecule has 0 fully saturated rings. The molecule has 0 unspecified atom stereocenters. The topological polar surface area (TPSA) is 110 Å². The lowest BCUT2D eigenvalue weighted by molar-refractivity contribution is -0.384. The Morgan fingerprint density at radius 2 is 1.85 bits per heavy atom. The number of carbonyl (C=O) groups is 1. The molecule has 0 atom stereocenters. The molecule has 130 valence electrons. The number of nitro benzene ring substituents is 1. The number of nitro groups is 1. The Morgan fingerprint density at radius 3 is 2.50 bits per heavy atom. The molecule has 3 rings (SSSR count). The van der Waals surface area contributed by atoms with Crippen LogP contribution in [0.4, 0.5) is 5.69 Å². The number of hydrazone groups is 1. The standard InChI is InChI=1S/C18H14N4O4/c23-17-8-7-16(22(25)26)11-14(17)12-19-20-18(24)13-3-5-15(6-4-13)21-9-1-2-10-21/h1-12,23H,(H,20,24)/b19-12+. The van der Waals surface area contributed by atoms with Gasteiger partial charge in [-0.05, 0) is 42.5 Å². The van der Waals surface area contributed by atoms with Crippen LogP contribution in [0, 0.1) is 10.1 Å². The number of carbonyl (C=O) groups excluding carboxylic acids is 1. The van der Waals surface area contributed by atoms with Crippen molar-refractivity contribution in [3.63, 3.8) is 0 Å². The molecule has 2 N–H and O–H groups in total. The second-order valence-corrected chi connectivity index (χ2v) is 5.34. The molecule has 3 aromatic rings. The Bertz CT molecular complexity index is 963. The fourth-order valence-electron chi connectivity index (χ4n) is 2.28. The molecule has 1 amide bonds. The van der Waals surface area contributed by atoms with Crippen molar-refractivity contribution in [2.75, 3.05) is 0 Å². The Kier molecular flexibility index (Phi) is 4.75. The number of hydrogen-bond acceptors (Lipinski definition) is 5. The van der Waals surface area contributed by atoms with Crippen LogP contribution in [0.25, 0.3) is 5.69 Å². The van der Waals surface area contributed by atoms with Crippen LogP contribution >= 0.6 is 0 Å². The van der Waals surface area contributed by atoms with Gasteiger partial charge in [-0.15, -0.1) is 0 Å². The first-order chi connectivity index (χ1) is 12.5. The van der Waals surface area contributed by atoms with Gasteiger partial charge in [0.2, 0.25) is 0 Å². The number of rotatable bonds is 5. The van der Waals surface area contributed by atoms with E-state index in [9.17, 15) is 20.0 Å². The lowest BCUT2D eigenvalue weighted by atomic mass is 10.2. The largest absolute Gasteiger partial charge is 0.507 e. The quantitative estimate of drug-likeness (QED) is 0.419. The zero-order valence-corrected chi connectivity index (χ0v) is 13.4. The van der Waals surface area contributed by atoms with Crippen LogP contribution in [-0.4, -0.2) is 26.7 Å². The van der Waals surface area contributed by atoms with Gasteiger partial charge in [0.05, 0.1) is 11.1 Å². The molecule has 1 heterocycles. The van der Waals surface area contributed by atoms with E-state index in [1.807, 2.05) is 29.1 Å². The zero-order valence-electron chi connectivity index (χ0n) is 13.4. The highest BCUT2D eigenvalue weighted by molar-refractivity contribution is 5.95. The third-order valence-electron chi connectivity index (χ3n) is 3.62. The molecule has 0 spiro atoms. The SMILES string of the molecule is O=C(N/N=C/c1cc([N+](=O)[O-])ccc1O)c1ccc(-n2cccc2)cc1. The minimum atomic E-state index is -0.582. The summed E-state index contributed by atoms with van der Waals surface area (Å²) < 4.78 is 1.91. The summed E-state index contributed by atoms with van der Waals surface area (Å²) in [6.07, 6.45) is 4.93. The number of aromatic hydroxyl groups is 1. The second kappa shape index (κ2) is 7.31. The average Bonchev–Trinajstić information content (AvgIpc) is 3.18. The number of non-ortho nitro benzene ring substituents is 1. The van der Waals surface area contributed by atoms with Crippen molar-refractivity contribution in [1.29, 1.82) is 0 Å². The summed E-state index contributed by atoms with van der Waals surface area (Å²) in [5.41, 5.74) is 3.58. The van der Waals surface area contributed by atoms with Crippen LogP contribution in [0.1, 0.15) is 15.9 Å². The monoisotopic (exact) mass is 350 g/mol. The number of phenolic OH excluding ortho intramolecular Hbond substituents is 1. The molecular formula is C18H14N4O4. The predicted octanol–water partition coefficient (Wildman–Crippen LogP) is 2.86. The average molecular weight is 350 g/mol. The summed E-state index contributed by atoms with van der Waals surface area (Å²) in [6.45, 7) is 0.